The summed E-state index contributed by atoms with van der Waals surface area (Å²) in [7, 11) is 0. The molecule has 0 aromatic heterocycles. The molecule has 1 heterocycles. The number of rotatable bonds is 11. The summed E-state index contributed by atoms with van der Waals surface area (Å²) in [6, 6.07) is 35.6. The normalized spacial score (nSPS) is 12.7. The van der Waals surface area contributed by atoms with Crippen molar-refractivity contribution in [3.63, 3.8) is 0 Å². The van der Waals surface area contributed by atoms with Crippen molar-refractivity contribution in [1.82, 2.24) is 5.32 Å². The second-order valence-corrected chi connectivity index (χ2v) is 12.1. The number of para-hydroxylation sites is 1. The Morgan fingerprint density at radius 3 is 2.18 bits per heavy atom. The van der Waals surface area contributed by atoms with Gasteiger partial charge < -0.3 is 25.4 Å². The predicted molar refractivity (Wildman–Crippen MR) is 191 cm³/mol. The van der Waals surface area contributed by atoms with Crippen LogP contribution in [0, 0.1) is 10.1 Å². The highest BCUT2D eigenvalue weighted by Crippen LogP contribution is 2.38. The molecule has 5 aromatic rings. The first-order valence-corrected chi connectivity index (χ1v) is 16.4. The number of nitrogens with one attached hydrogen (secondary N) is 3. The molecular weight excluding hydrogens is 657 g/mol. The lowest BCUT2D eigenvalue weighted by Crippen LogP contribution is -2.30. The van der Waals surface area contributed by atoms with Gasteiger partial charge in [0.15, 0.2) is 11.5 Å². The molecule has 0 saturated carbocycles. The zero-order valence-corrected chi connectivity index (χ0v) is 27.2. The summed E-state index contributed by atoms with van der Waals surface area (Å²) in [5.41, 5.74) is 1.70. The van der Waals surface area contributed by atoms with Gasteiger partial charge in [-0.1, -0.05) is 66.7 Å². The molecule has 0 radical (unpaired) electrons. The standard InChI is InChI=1S/C38H30N4O7S/c43-36(26-12-5-2-6-13-26)41-31(22-27-14-7-8-17-32(27)42(46)47)37(44)39-28-15-9-16-30(23-28)50-35(25-10-3-1-4-11-25)38(45)40-29-18-19-33-34(24-29)49-21-20-48-33/h1-19,22-24,35H,20-21H2,(H,39,44)(H,40,45)(H,41,43)/b31-22+. The molecule has 12 heteroatoms. The van der Waals surface area contributed by atoms with E-state index in [1.54, 1.807) is 72.8 Å². The minimum atomic E-state index is -0.703. The molecule has 6 rings (SSSR count). The van der Waals surface area contributed by atoms with Gasteiger partial charge in [0.05, 0.1) is 10.5 Å². The molecule has 0 spiro atoms. The topological polar surface area (TPSA) is 149 Å². The smallest absolute Gasteiger partial charge is 0.276 e. The van der Waals surface area contributed by atoms with Crippen molar-refractivity contribution >= 4 is 52.6 Å². The average Bonchev–Trinajstić information content (AvgIpc) is 3.14. The molecule has 3 amide bonds. The summed E-state index contributed by atoms with van der Waals surface area (Å²) in [5.74, 6) is -0.376. The van der Waals surface area contributed by atoms with Crippen LogP contribution in [0.3, 0.4) is 0 Å². The number of hydrogen-bond acceptors (Lipinski definition) is 8. The minimum Gasteiger partial charge on any atom is -0.486 e. The van der Waals surface area contributed by atoms with Crippen LogP contribution >= 0.6 is 11.8 Å². The van der Waals surface area contributed by atoms with E-state index in [4.69, 9.17) is 9.47 Å². The number of anilines is 2. The van der Waals surface area contributed by atoms with Gasteiger partial charge in [0.1, 0.15) is 24.2 Å². The number of ether oxygens (including phenoxy) is 2. The van der Waals surface area contributed by atoms with Crippen molar-refractivity contribution < 1.29 is 28.8 Å². The minimum absolute atomic E-state index is 0.134. The van der Waals surface area contributed by atoms with Gasteiger partial charge in [0.25, 0.3) is 17.5 Å². The third-order valence-corrected chi connectivity index (χ3v) is 8.71. The molecule has 11 nitrogen and oxygen atoms in total. The van der Waals surface area contributed by atoms with Crippen molar-refractivity contribution in [2.24, 2.45) is 0 Å². The predicted octanol–water partition coefficient (Wildman–Crippen LogP) is 7.25. The lowest BCUT2D eigenvalue weighted by Gasteiger charge is -2.20. The Morgan fingerprint density at radius 1 is 0.740 bits per heavy atom. The highest BCUT2D eigenvalue weighted by atomic mass is 32.2. The van der Waals surface area contributed by atoms with E-state index in [0.29, 0.717) is 46.5 Å². The number of amides is 3. The highest BCUT2D eigenvalue weighted by Gasteiger charge is 2.24. The molecule has 0 aliphatic carbocycles. The first kappa shape index (κ1) is 33.5. The summed E-state index contributed by atoms with van der Waals surface area (Å²) in [4.78, 5) is 52.3. The number of thioether (sulfide) groups is 1. The number of nitro benzene ring substituents is 1. The van der Waals surface area contributed by atoms with Gasteiger partial charge in [-0.2, -0.15) is 0 Å². The number of nitrogens with zero attached hydrogens (tertiary/aromatic N) is 1. The number of fused-ring (bicyclic) bond motifs is 1. The summed E-state index contributed by atoms with van der Waals surface area (Å²) < 4.78 is 11.3. The van der Waals surface area contributed by atoms with Gasteiger partial charge in [0.2, 0.25) is 5.91 Å². The number of carbonyl (C=O) groups is 3. The fraction of sp³-hybridized carbons (Fsp3) is 0.0789. The maximum atomic E-state index is 13.7. The van der Waals surface area contributed by atoms with Gasteiger partial charge in [-0.05, 0) is 60.2 Å². The molecule has 0 bridgehead atoms. The van der Waals surface area contributed by atoms with Crippen LogP contribution in [0.25, 0.3) is 6.08 Å². The molecule has 1 aliphatic rings. The Balaban J connectivity index is 1.24. The molecule has 0 saturated heterocycles. The quantitative estimate of drug-likeness (QED) is 0.0570. The van der Waals surface area contributed by atoms with E-state index in [0.717, 1.165) is 5.56 Å². The first-order valence-electron chi connectivity index (χ1n) is 15.5. The Bertz CT molecular complexity index is 2070. The van der Waals surface area contributed by atoms with Crippen molar-refractivity contribution in [3.8, 4) is 11.5 Å². The van der Waals surface area contributed by atoms with E-state index in [1.165, 1.54) is 36.0 Å². The number of carbonyl (C=O) groups excluding carboxylic acids is 3. The van der Waals surface area contributed by atoms with E-state index in [-0.39, 0.29) is 22.9 Å². The molecule has 0 fully saturated rings. The Hall–Kier alpha value is -6.40. The third kappa shape index (κ3) is 8.35. The summed E-state index contributed by atoms with van der Waals surface area (Å²) >= 11 is 1.28. The van der Waals surface area contributed by atoms with Crippen molar-refractivity contribution in [2.45, 2.75) is 10.1 Å². The van der Waals surface area contributed by atoms with Crippen LogP contribution < -0.4 is 25.4 Å². The van der Waals surface area contributed by atoms with Gasteiger partial charge in [-0.3, -0.25) is 24.5 Å². The molecule has 1 unspecified atom stereocenters. The van der Waals surface area contributed by atoms with Crippen molar-refractivity contribution in [1.29, 1.82) is 0 Å². The van der Waals surface area contributed by atoms with Gasteiger partial charge in [-0.15, -0.1) is 11.8 Å². The second-order valence-electron chi connectivity index (χ2n) is 10.9. The summed E-state index contributed by atoms with van der Waals surface area (Å²) in [6.07, 6.45) is 1.26. The lowest BCUT2D eigenvalue weighted by molar-refractivity contribution is -0.385. The van der Waals surface area contributed by atoms with E-state index in [2.05, 4.69) is 16.0 Å². The Morgan fingerprint density at radius 2 is 1.42 bits per heavy atom. The fourth-order valence-electron chi connectivity index (χ4n) is 5.09. The molecule has 5 aromatic carbocycles. The molecule has 250 valence electrons. The number of hydrogen-bond donors (Lipinski definition) is 3. The van der Waals surface area contributed by atoms with E-state index < -0.39 is 22.0 Å². The third-order valence-electron chi connectivity index (χ3n) is 7.46. The molecule has 3 N–H and O–H groups in total. The van der Waals surface area contributed by atoms with Crippen LogP contribution in [0.15, 0.2) is 138 Å². The van der Waals surface area contributed by atoms with Crippen molar-refractivity contribution in [3.05, 3.63) is 160 Å². The van der Waals surface area contributed by atoms with Crippen LogP contribution in [0.2, 0.25) is 0 Å². The van der Waals surface area contributed by atoms with Gasteiger partial charge in [0, 0.05) is 34.0 Å². The molecular formula is C38H30N4O7S. The largest absolute Gasteiger partial charge is 0.486 e. The van der Waals surface area contributed by atoms with E-state index in [9.17, 15) is 24.5 Å². The molecule has 50 heavy (non-hydrogen) atoms. The van der Waals surface area contributed by atoms with Crippen LogP contribution in [-0.2, 0) is 9.59 Å². The maximum Gasteiger partial charge on any atom is 0.276 e. The van der Waals surface area contributed by atoms with Crippen LogP contribution in [0.4, 0.5) is 17.1 Å². The van der Waals surface area contributed by atoms with E-state index >= 15 is 0 Å². The molecule has 1 atom stereocenters. The monoisotopic (exact) mass is 686 g/mol. The lowest BCUT2D eigenvalue weighted by atomic mass is 10.1. The number of nitro groups is 1. The number of benzene rings is 5. The maximum absolute atomic E-state index is 13.7. The summed E-state index contributed by atoms with van der Waals surface area (Å²) in [6.45, 7) is 0.878. The van der Waals surface area contributed by atoms with Crippen LogP contribution in [-0.4, -0.2) is 35.9 Å². The van der Waals surface area contributed by atoms with Gasteiger partial charge >= 0.3 is 0 Å². The molecule has 1 aliphatic heterocycles. The van der Waals surface area contributed by atoms with Crippen LogP contribution in [0.5, 0.6) is 11.5 Å². The SMILES string of the molecule is O=C(Nc1cccc(SC(C(=O)Nc2ccc3c(c2)OCCO3)c2ccccc2)c1)/C(=C\c1ccccc1[N+](=O)[O-])NC(=O)c1ccccc1. The van der Waals surface area contributed by atoms with Gasteiger partial charge in [-0.25, -0.2) is 0 Å². The Kier molecular flexibility index (Phi) is 10.5. The highest BCUT2D eigenvalue weighted by molar-refractivity contribution is 8.00. The first-order chi connectivity index (χ1) is 24.3. The second kappa shape index (κ2) is 15.7. The Labute approximate surface area is 291 Å². The van der Waals surface area contributed by atoms with Crippen molar-refractivity contribution in [2.75, 3.05) is 23.8 Å². The zero-order valence-electron chi connectivity index (χ0n) is 26.4. The fourth-order valence-corrected chi connectivity index (χ4v) is 6.17. The average molecular weight is 687 g/mol. The van der Waals surface area contributed by atoms with Crippen LogP contribution in [0.1, 0.15) is 26.7 Å². The zero-order chi connectivity index (χ0) is 34.9. The summed E-state index contributed by atoms with van der Waals surface area (Å²) in [5, 5.41) is 19.4. The van der Waals surface area contributed by atoms with E-state index in [1.807, 2.05) is 36.4 Å².